The Morgan fingerprint density at radius 2 is 1.00 bits per heavy atom. The molecule has 0 aliphatic rings. The van der Waals surface area contributed by atoms with E-state index in [1.54, 1.807) is 0 Å². The van der Waals surface area contributed by atoms with E-state index in [1.807, 2.05) is 12.1 Å². The average Bonchev–Trinajstić information content (AvgIpc) is 2.41. The molecule has 0 bridgehead atoms. The number of rotatable bonds is 1. The fraction of sp³-hybridized carbons (Fsp3) is 0.400. The van der Waals surface area contributed by atoms with Gasteiger partial charge in [0.05, 0.1) is 14.5 Å². The largest absolute Gasteiger partial charge is 0.0830 e. The van der Waals surface area contributed by atoms with E-state index in [4.69, 9.17) is 23.2 Å². The summed E-state index contributed by atoms with van der Waals surface area (Å²) < 4.78 is 0.743. The molecule has 0 N–H and O–H groups in total. The third-order valence-corrected chi connectivity index (χ3v) is 5.89. The van der Waals surface area contributed by atoms with E-state index in [0.717, 1.165) is 15.6 Å². The molecule has 0 aromatic heterocycles. The quantitative estimate of drug-likeness (QED) is 0.415. The summed E-state index contributed by atoms with van der Waals surface area (Å²) in [5.74, 6) is 0. The molecule has 0 unspecified atom stereocenters. The molecular formula is C20H23BrCl2. The van der Waals surface area contributed by atoms with Gasteiger partial charge in [0.25, 0.3) is 0 Å². The van der Waals surface area contributed by atoms with Crippen molar-refractivity contribution in [2.75, 3.05) is 0 Å². The van der Waals surface area contributed by atoms with Crippen molar-refractivity contribution in [3.63, 3.8) is 0 Å². The minimum absolute atomic E-state index is 0.0823. The van der Waals surface area contributed by atoms with Gasteiger partial charge in [-0.2, -0.15) is 0 Å². The van der Waals surface area contributed by atoms with Gasteiger partial charge in [-0.1, -0.05) is 82.9 Å². The lowest BCUT2D eigenvalue weighted by Gasteiger charge is -2.26. The predicted molar refractivity (Wildman–Crippen MR) is 107 cm³/mol. The van der Waals surface area contributed by atoms with Crippen LogP contribution < -0.4 is 0 Å². The van der Waals surface area contributed by atoms with Crippen LogP contribution in [0.5, 0.6) is 0 Å². The van der Waals surface area contributed by atoms with Gasteiger partial charge in [0.2, 0.25) is 0 Å². The van der Waals surface area contributed by atoms with Crippen LogP contribution in [-0.2, 0) is 10.8 Å². The first-order valence-electron chi connectivity index (χ1n) is 7.70. The zero-order valence-corrected chi connectivity index (χ0v) is 17.6. The molecule has 0 atom stereocenters. The van der Waals surface area contributed by atoms with Gasteiger partial charge < -0.3 is 0 Å². The maximum absolute atomic E-state index is 6.30. The van der Waals surface area contributed by atoms with Gasteiger partial charge in [-0.15, -0.1) is 0 Å². The van der Waals surface area contributed by atoms with Gasteiger partial charge in [0.1, 0.15) is 0 Å². The van der Waals surface area contributed by atoms with E-state index in [1.165, 1.54) is 11.1 Å². The summed E-state index contributed by atoms with van der Waals surface area (Å²) in [5, 5.41) is 1.26. The van der Waals surface area contributed by atoms with Crippen molar-refractivity contribution in [3.8, 4) is 11.1 Å². The predicted octanol–water partition coefficient (Wildman–Crippen LogP) is 8.02. The molecule has 3 heteroatoms. The lowest BCUT2D eigenvalue weighted by atomic mass is 9.79. The van der Waals surface area contributed by atoms with Crippen LogP contribution in [0.2, 0.25) is 10.0 Å². The number of halogens is 3. The van der Waals surface area contributed by atoms with Crippen LogP contribution in [0.3, 0.4) is 0 Å². The Bertz CT molecular complexity index is 679. The van der Waals surface area contributed by atoms with Crippen molar-refractivity contribution in [2.45, 2.75) is 52.4 Å². The van der Waals surface area contributed by atoms with E-state index in [9.17, 15) is 0 Å². The topological polar surface area (TPSA) is 0 Å². The lowest BCUT2D eigenvalue weighted by Crippen LogP contribution is -2.16. The Balaban J connectivity index is 2.72. The molecule has 2 aromatic rings. The van der Waals surface area contributed by atoms with Crippen molar-refractivity contribution in [1.82, 2.24) is 0 Å². The Kier molecular flexibility index (Phi) is 5.26. The van der Waals surface area contributed by atoms with Crippen LogP contribution in [0, 0.1) is 0 Å². The Morgan fingerprint density at radius 1 is 0.652 bits per heavy atom. The summed E-state index contributed by atoms with van der Waals surface area (Å²) in [4.78, 5) is 0. The molecule has 0 nitrogen and oxygen atoms in total. The van der Waals surface area contributed by atoms with E-state index >= 15 is 0 Å². The second-order valence-electron chi connectivity index (χ2n) is 8.05. The summed E-state index contributed by atoms with van der Waals surface area (Å²) in [5.41, 5.74) is 4.99. The van der Waals surface area contributed by atoms with Crippen LogP contribution in [0.4, 0.5) is 0 Å². The van der Waals surface area contributed by atoms with Gasteiger partial charge in [-0.05, 0) is 61.1 Å². The monoisotopic (exact) mass is 412 g/mol. The standard InChI is InChI=1S/C20H23BrCl2/c1-19(2,3)14-7-12(8-15(11-14)20(4,5)6)13-9-16(22)18(21)17(23)10-13/h7-11H,1-6H3. The second kappa shape index (κ2) is 6.43. The van der Waals surface area contributed by atoms with Crippen molar-refractivity contribution in [1.29, 1.82) is 0 Å². The molecule has 2 rings (SSSR count). The lowest BCUT2D eigenvalue weighted by molar-refractivity contribution is 0.569. The van der Waals surface area contributed by atoms with Gasteiger partial charge in [-0.3, -0.25) is 0 Å². The zero-order chi connectivity index (χ0) is 17.6. The molecule has 0 aliphatic heterocycles. The van der Waals surface area contributed by atoms with Crippen LogP contribution >= 0.6 is 39.1 Å². The summed E-state index contributed by atoms with van der Waals surface area (Å²) in [7, 11) is 0. The summed E-state index contributed by atoms with van der Waals surface area (Å²) in [6.45, 7) is 13.4. The molecule has 23 heavy (non-hydrogen) atoms. The fourth-order valence-corrected chi connectivity index (χ4v) is 3.10. The first kappa shape index (κ1) is 18.8. The Morgan fingerprint density at radius 3 is 1.35 bits per heavy atom. The van der Waals surface area contributed by atoms with Crippen molar-refractivity contribution in [2.24, 2.45) is 0 Å². The Labute approximate surface area is 158 Å². The van der Waals surface area contributed by atoms with Gasteiger partial charge in [0.15, 0.2) is 0 Å². The normalized spacial score (nSPS) is 12.6. The smallest absolute Gasteiger partial charge is 0.0569 e. The molecule has 0 saturated carbocycles. The summed E-state index contributed by atoms with van der Waals surface area (Å²) >= 11 is 16.0. The van der Waals surface area contributed by atoms with E-state index in [-0.39, 0.29) is 10.8 Å². The van der Waals surface area contributed by atoms with Crippen LogP contribution in [-0.4, -0.2) is 0 Å². The molecule has 0 saturated heterocycles. The Hall–Kier alpha value is -0.500. The SMILES string of the molecule is CC(C)(C)c1cc(-c2cc(Cl)c(Br)c(Cl)c2)cc(C(C)(C)C)c1. The maximum atomic E-state index is 6.30. The number of benzene rings is 2. The molecule has 2 aromatic carbocycles. The summed E-state index contributed by atoms with van der Waals surface area (Å²) in [6, 6.07) is 10.7. The molecule has 0 radical (unpaired) electrons. The van der Waals surface area contributed by atoms with E-state index < -0.39 is 0 Å². The molecule has 124 valence electrons. The summed E-state index contributed by atoms with van der Waals surface area (Å²) in [6.07, 6.45) is 0. The first-order valence-corrected chi connectivity index (χ1v) is 9.25. The highest BCUT2D eigenvalue weighted by atomic mass is 79.9. The molecule has 0 heterocycles. The van der Waals surface area contributed by atoms with Gasteiger partial charge in [0, 0.05) is 0 Å². The minimum Gasteiger partial charge on any atom is -0.0830 e. The molecule has 0 fully saturated rings. The number of hydrogen-bond donors (Lipinski definition) is 0. The first-order chi connectivity index (χ1) is 10.4. The highest BCUT2D eigenvalue weighted by Crippen LogP contribution is 2.38. The molecule has 0 amide bonds. The minimum atomic E-state index is 0.0823. The van der Waals surface area contributed by atoms with E-state index in [0.29, 0.717) is 10.0 Å². The van der Waals surface area contributed by atoms with Gasteiger partial charge in [-0.25, -0.2) is 0 Å². The molecular weight excluding hydrogens is 391 g/mol. The van der Waals surface area contributed by atoms with Gasteiger partial charge >= 0.3 is 0 Å². The second-order valence-corrected chi connectivity index (χ2v) is 9.66. The van der Waals surface area contributed by atoms with Crippen molar-refractivity contribution >= 4 is 39.1 Å². The van der Waals surface area contributed by atoms with Crippen LogP contribution in [0.25, 0.3) is 11.1 Å². The zero-order valence-electron chi connectivity index (χ0n) is 14.5. The average molecular weight is 414 g/mol. The van der Waals surface area contributed by atoms with Crippen molar-refractivity contribution in [3.05, 3.63) is 56.0 Å². The highest BCUT2D eigenvalue weighted by Gasteiger charge is 2.21. The molecule has 0 aliphatic carbocycles. The van der Waals surface area contributed by atoms with Crippen LogP contribution in [0.15, 0.2) is 34.8 Å². The fourth-order valence-electron chi connectivity index (χ4n) is 2.38. The van der Waals surface area contributed by atoms with E-state index in [2.05, 4.69) is 75.7 Å². The van der Waals surface area contributed by atoms with Crippen LogP contribution in [0.1, 0.15) is 52.7 Å². The molecule has 0 spiro atoms. The van der Waals surface area contributed by atoms with Crippen molar-refractivity contribution < 1.29 is 0 Å². The highest BCUT2D eigenvalue weighted by molar-refractivity contribution is 9.10. The third-order valence-electron chi connectivity index (χ3n) is 3.98. The number of hydrogen-bond acceptors (Lipinski definition) is 0. The third kappa shape index (κ3) is 4.32. The maximum Gasteiger partial charge on any atom is 0.0569 e.